The summed E-state index contributed by atoms with van der Waals surface area (Å²) >= 11 is 0. The van der Waals surface area contributed by atoms with Gasteiger partial charge in [0.2, 0.25) is 0 Å². The average Bonchev–Trinajstić information content (AvgIpc) is 2.64. The molecule has 1 N–H and O–H groups in total. The minimum atomic E-state index is 0.294. The molecule has 0 aliphatic heterocycles. The van der Waals surface area contributed by atoms with Crippen molar-refractivity contribution in [3.8, 4) is 5.75 Å². The van der Waals surface area contributed by atoms with E-state index in [0.717, 1.165) is 18.4 Å². The fourth-order valence-electron chi connectivity index (χ4n) is 3.05. The van der Waals surface area contributed by atoms with Crippen LogP contribution in [-0.2, 0) is 0 Å². The Bertz CT molecular complexity index is 800. The van der Waals surface area contributed by atoms with Crippen LogP contribution in [0.15, 0.2) is 84.9 Å². The third-order valence-electron chi connectivity index (χ3n) is 4.14. The summed E-state index contributed by atoms with van der Waals surface area (Å²) in [4.78, 5) is 0. The summed E-state index contributed by atoms with van der Waals surface area (Å²) in [5, 5.41) is 9.65. The molecule has 0 heterocycles. The molecule has 0 unspecified atom stereocenters. The van der Waals surface area contributed by atoms with Crippen LogP contribution in [0.4, 0.5) is 0 Å². The minimum Gasteiger partial charge on any atom is -0.508 e. The summed E-state index contributed by atoms with van der Waals surface area (Å²) in [6.07, 6.45) is 2.09. The molecule has 0 saturated carbocycles. The number of benzene rings is 3. The van der Waals surface area contributed by atoms with Crippen LogP contribution in [0, 0.1) is 0 Å². The Kier molecular flexibility index (Phi) is 5.12. The predicted octanol–water partition coefficient (Wildman–Crippen LogP) is 6.15. The number of hydrogen-bond donors (Lipinski definition) is 1. The predicted molar refractivity (Wildman–Crippen MR) is 102 cm³/mol. The second kappa shape index (κ2) is 7.65. The number of rotatable bonds is 5. The Morgan fingerprint density at radius 2 is 1.17 bits per heavy atom. The van der Waals surface area contributed by atoms with Crippen molar-refractivity contribution < 1.29 is 5.11 Å². The van der Waals surface area contributed by atoms with E-state index >= 15 is 0 Å². The van der Waals surface area contributed by atoms with E-state index in [2.05, 4.69) is 61.5 Å². The van der Waals surface area contributed by atoms with Gasteiger partial charge < -0.3 is 5.11 Å². The van der Waals surface area contributed by atoms with E-state index in [9.17, 15) is 5.11 Å². The maximum atomic E-state index is 9.65. The first-order valence-electron chi connectivity index (χ1n) is 8.43. The molecule has 3 rings (SSSR count). The maximum absolute atomic E-state index is 9.65. The van der Waals surface area contributed by atoms with Gasteiger partial charge in [0.05, 0.1) is 0 Å². The standard InChI is InChI=1S/C23H22O/c1-2-9-22(18-10-5-3-6-11-18)23(19-12-7-4-8-13-19)20-14-16-21(24)17-15-20/h3-8,10-17,24H,2,9H2,1H3/b23-22-. The highest BCUT2D eigenvalue weighted by Gasteiger charge is 2.13. The van der Waals surface area contributed by atoms with Gasteiger partial charge >= 0.3 is 0 Å². The lowest BCUT2D eigenvalue weighted by molar-refractivity contribution is 0.475. The molecule has 0 bridgehead atoms. The molecule has 0 radical (unpaired) electrons. The van der Waals surface area contributed by atoms with Crippen molar-refractivity contribution in [1.82, 2.24) is 0 Å². The first kappa shape index (κ1) is 16.1. The molecule has 24 heavy (non-hydrogen) atoms. The highest BCUT2D eigenvalue weighted by molar-refractivity contribution is 5.98. The molecule has 0 spiro atoms. The van der Waals surface area contributed by atoms with Crippen LogP contribution in [0.25, 0.3) is 11.1 Å². The Labute approximate surface area is 143 Å². The zero-order valence-corrected chi connectivity index (χ0v) is 13.9. The fraction of sp³-hybridized carbons (Fsp3) is 0.130. The highest BCUT2D eigenvalue weighted by Crippen LogP contribution is 2.35. The van der Waals surface area contributed by atoms with E-state index < -0.39 is 0 Å². The molecule has 120 valence electrons. The Morgan fingerprint density at radius 3 is 1.71 bits per heavy atom. The normalized spacial score (nSPS) is 11.9. The van der Waals surface area contributed by atoms with Crippen LogP contribution >= 0.6 is 0 Å². The van der Waals surface area contributed by atoms with Crippen LogP contribution in [0.5, 0.6) is 5.75 Å². The van der Waals surface area contributed by atoms with Crippen molar-refractivity contribution in [2.75, 3.05) is 0 Å². The molecule has 1 nitrogen and oxygen atoms in total. The van der Waals surface area contributed by atoms with Crippen molar-refractivity contribution in [1.29, 1.82) is 0 Å². The van der Waals surface area contributed by atoms with Crippen molar-refractivity contribution in [2.45, 2.75) is 19.8 Å². The zero-order chi connectivity index (χ0) is 16.8. The second-order valence-corrected chi connectivity index (χ2v) is 5.88. The first-order valence-corrected chi connectivity index (χ1v) is 8.43. The number of aromatic hydroxyl groups is 1. The van der Waals surface area contributed by atoms with Crippen LogP contribution in [0.2, 0.25) is 0 Å². The van der Waals surface area contributed by atoms with Crippen LogP contribution < -0.4 is 0 Å². The lowest BCUT2D eigenvalue weighted by Gasteiger charge is -2.17. The number of allylic oxidation sites excluding steroid dienone is 1. The molecule has 0 saturated heterocycles. The van der Waals surface area contributed by atoms with E-state index in [1.54, 1.807) is 12.1 Å². The van der Waals surface area contributed by atoms with Crippen molar-refractivity contribution in [3.63, 3.8) is 0 Å². The van der Waals surface area contributed by atoms with Gasteiger partial charge in [-0.3, -0.25) is 0 Å². The van der Waals surface area contributed by atoms with Gasteiger partial charge in [-0.05, 0) is 46.4 Å². The van der Waals surface area contributed by atoms with Crippen LogP contribution in [-0.4, -0.2) is 5.11 Å². The molecular formula is C23H22O. The highest BCUT2D eigenvalue weighted by atomic mass is 16.3. The summed E-state index contributed by atoms with van der Waals surface area (Å²) in [6, 6.07) is 28.6. The van der Waals surface area contributed by atoms with Gasteiger partial charge in [0.25, 0.3) is 0 Å². The SMILES string of the molecule is CCC/C(=C(\c1ccccc1)c1ccc(O)cc1)c1ccccc1. The molecular weight excluding hydrogens is 292 g/mol. The van der Waals surface area contributed by atoms with Gasteiger partial charge in [0, 0.05) is 0 Å². The Morgan fingerprint density at radius 1 is 0.667 bits per heavy atom. The Hall–Kier alpha value is -2.80. The summed E-state index contributed by atoms with van der Waals surface area (Å²) in [6.45, 7) is 2.21. The van der Waals surface area contributed by atoms with Gasteiger partial charge in [-0.1, -0.05) is 86.1 Å². The maximum Gasteiger partial charge on any atom is 0.115 e. The summed E-state index contributed by atoms with van der Waals surface area (Å²) in [5.41, 5.74) is 6.17. The molecule has 3 aromatic rings. The molecule has 0 aliphatic rings. The lowest BCUT2D eigenvalue weighted by Crippen LogP contribution is -1.95. The number of hydrogen-bond acceptors (Lipinski definition) is 1. The van der Waals surface area contributed by atoms with E-state index in [1.807, 2.05) is 18.2 Å². The van der Waals surface area contributed by atoms with Crippen molar-refractivity contribution in [3.05, 3.63) is 102 Å². The molecule has 1 heteroatoms. The van der Waals surface area contributed by atoms with Gasteiger partial charge in [0.15, 0.2) is 0 Å². The summed E-state index contributed by atoms with van der Waals surface area (Å²) < 4.78 is 0. The van der Waals surface area contributed by atoms with Gasteiger partial charge in [-0.25, -0.2) is 0 Å². The smallest absolute Gasteiger partial charge is 0.115 e. The average molecular weight is 314 g/mol. The zero-order valence-electron chi connectivity index (χ0n) is 13.9. The fourth-order valence-corrected chi connectivity index (χ4v) is 3.05. The first-order chi connectivity index (χ1) is 11.8. The van der Waals surface area contributed by atoms with E-state index in [-0.39, 0.29) is 0 Å². The monoisotopic (exact) mass is 314 g/mol. The quantitative estimate of drug-likeness (QED) is 0.560. The molecule has 0 aromatic heterocycles. The molecule has 3 aromatic carbocycles. The second-order valence-electron chi connectivity index (χ2n) is 5.88. The number of phenols is 1. The third-order valence-corrected chi connectivity index (χ3v) is 4.14. The van der Waals surface area contributed by atoms with E-state index in [1.165, 1.54) is 22.3 Å². The lowest BCUT2D eigenvalue weighted by atomic mass is 9.87. The summed E-state index contributed by atoms with van der Waals surface area (Å²) in [7, 11) is 0. The third kappa shape index (κ3) is 3.57. The van der Waals surface area contributed by atoms with Crippen LogP contribution in [0.3, 0.4) is 0 Å². The van der Waals surface area contributed by atoms with Gasteiger partial charge in [-0.2, -0.15) is 0 Å². The molecule has 0 fully saturated rings. The van der Waals surface area contributed by atoms with Gasteiger partial charge in [-0.15, -0.1) is 0 Å². The molecule has 0 atom stereocenters. The largest absolute Gasteiger partial charge is 0.508 e. The van der Waals surface area contributed by atoms with Crippen LogP contribution in [0.1, 0.15) is 36.5 Å². The van der Waals surface area contributed by atoms with E-state index in [0.29, 0.717) is 5.75 Å². The van der Waals surface area contributed by atoms with Gasteiger partial charge in [0.1, 0.15) is 5.75 Å². The molecule has 0 amide bonds. The van der Waals surface area contributed by atoms with Crippen molar-refractivity contribution in [2.24, 2.45) is 0 Å². The molecule has 0 aliphatic carbocycles. The summed E-state index contributed by atoms with van der Waals surface area (Å²) in [5.74, 6) is 0.294. The topological polar surface area (TPSA) is 20.2 Å². The van der Waals surface area contributed by atoms with Crippen molar-refractivity contribution >= 4 is 11.1 Å². The Balaban J connectivity index is 2.26. The number of phenolic OH excluding ortho intramolecular Hbond substituents is 1. The minimum absolute atomic E-state index is 0.294. The van der Waals surface area contributed by atoms with E-state index in [4.69, 9.17) is 0 Å².